The van der Waals surface area contributed by atoms with E-state index in [0.29, 0.717) is 12.1 Å². The summed E-state index contributed by atoms with van der Waals surface area (Å²) in [4.78, 5) is 36.6. The highest BCUT2D eigenvalue weighted by molar-refractivity contribution is 6.63. The Bertz CT molecular complexity index is 144. The van der Waals surface area contributed by atoms with E-state index in [0.717, 1.165) is 32.1 Å². The fourth-order valence-corrected chi connectivity index (χ4v) is 3.29. The average Bonchev–Trinajstić information content (AvgIpc) is 1.98. The average molecular weight is 252 g/mol. The quantitative estimate of drug-likeness (QED) is 0.384. The van der Waals surface area contributed by atoms with Crippen molar-refractivity contribution < 1.29 is 19.2 Å². The van der Waals surface area contributed by atoms with Gasteiger partial charge in [-0.2, -0.15) is 0 Å². The van der Waals surface area contributed by atoms with Crippen LogP contribution in [0.15, 0.2) is 0 Å². The minimum absolute atomic E-state index is 0.541. The van der Waals surface area contributed by atoms with Crippen molar-refractivity contribution in [3.63, 3.8) is 0 Å². The van der Waals surface area contributed by atoms with Crippen molar-refractivity contribution in [1.82, 2.24) is 0 Å². The molecule has 0 heterocycles. The number of hydrogen-bond acceptors (Lipinski definition) is 4. The molecule has 0 aliphatic rings. The van der Waals surface area contributed by atoms with Gasteiger partial charge in [0.25, 0.3) is 0 Å². The van der Waals surface area contributed by atoms with Crippen LogP contribution in [0.5, 0.6) is 0 Å². The third-order valence-electron chi connectivity index (χ3n) is 2.30. The van der Waals surface area contributed by atoms with Crippen LogP contribution in [0.3, 0.4) is 0 Å². The van der Waals surface area contributed by atoms with Gasteiger partial charge in [-0.1, -0.05) is 32.1 Å². The summed E-state index contributed by atoms with van der Waals surface area (Å²) in [7, 11) is -5.66. The van der Waals surface area contributed by atoms with Crippen molar-refractivity contribution in [2.24, 2.45) is 0 Å². The molecule has 0 spiro atoms. The lowest BCUT2D eigenvalue weighted by Crippen LogP contribution is -2.29. The van der Waals surface area contributed by atoms with Crippen molar-refractivity contribution in [3.05, 3.63) is 0 Å². The van der Waals surface area contributed by atoms with Gasteiger partial charge in [0.2, 0.25) is 0 Å². The van der Waals surface area contributed by atoms with Crippen LogP contribution in [0.25, 0.3) is 0 Å². The van der Waals surface area contributed by atoms with Crippen molar-refractivity contribution in [2.75, 3.05) is 0 Å². The van der Waals surface area contributed by atoms with Crippen LogP contribution in [0.4, 0.5) is 0 Å². The molecular weight excluding hydrogens is 228 g/mol. The molecule has 0 amide bonds. The van der Waals surface area contributed by atoms with E-state index in [2.05, 4.69) is 0 Å². The zero-order valence-corrected chi connectivity index (χ0v) is 11.7. The van der Waals surface area contributed by atoms with Crippen molar-refractivity contribution >= 4 is 17.1 Å². The standard InChI is InChI=1S/C9H24O4Si2/c1-14(10,11)8-6-4-3-5-7-9-15(2,12)13/h10-13H,3-9H2,1-2H3. The summed E-state index contributed by atoms with van der Waals surface area (Å²) in [5.74, 6) is 0. The van der Waals surface area contributed by atoms with Crippen molar-refractivity contribution in [3.8, 4) is 0 Å². The van der Waals surface area contributed by atoms with Crippen LogP contribution in [0.2, 0.25) is 25.2 Å². The lowest BCUT2D eigenvalue weighted by molar-refractivity contribution is 0.365. The lowest BCUT2D eigenvalue weighted by atomic mass is 10.2. The Labute approximate surface area is 94.1 Å². The maximum Gasteiger partial charge on any atom is 0.329 e. The number of rotatable bonds is 8. The Morgan fingerprint density at radius 1 is 0.600 bits per heavy atom. The van der Waals surface area contributed by atoms with E-state index < -0.39 is 17.1 Å². The first-order valence-corrected chi connectivity index (χ1v) is 10.8. The van der Waals surface area contributed by atoms with Crippen LogP contribution in [0, 0.1) is 0 Å². The zero-order chi connectivity index (χ0) is 11.9. The highest BCUT2D eigenvalue weighted by Crippen LogP contribution is 2.14. The van der Waals surface area contributed by atoms with Gasteiger partial charge in [-0.05, 0) is 25.2 Å². The van der Waals surface area contributed by atoms with Crippen LogP contribution in [-0.4, -0.2) is 36.3 Å². The van der Waals surface area contributed by atoms with Gasteiger partial charge < -0.3 is 19.2 Å². The first-order chi connectivity index (χ1) is 6.71. The fraction of sp³-hybridized carbons (Fsp3) is 1.00. The van der Waals surface area contributed by atoms with Gasteiger partial charge in [0.15, 0.2) is 0 Å². The van der Waals surface area contributed by atoms with Gasteiger partial charge in [0.1, 0.15) is 0 Å². The number of unbranched alkanes of at least 4 members (excludes halogenated alkanes) is 4. The minimum atomic E-state index is -2.83. The van der Waals surface area contributed by atoms with Gasteiger partial charge in [0.05, 0.1) is 0 Å². The monoisotopic (exact) mass is 252 g/mol. The van der Waals surface area contributed by atoms with E-state index in [9.17, 15) is 0 Å². The summed E-state index contributed by atoms with van der Waals surface area (Å²) < 4.78 is 0. The zero-order valence-electron chi connectivity index (χ0n) is 9.74. The molecule has 15 heavy (non-hydrogen) atoms. The van der Waals surface area contributed by atoms with Crippen molar-refractivity contribution in [2.45, 2.75) is 57.3 Å². The predicted octanol–water partition coefficient (Wildman–Crippen LogP) is 1.05. The molecule has 92 valence electrons. The second-order valence-electron chi connectivity index (χ2n) is 4.70. The number of hydrogen-bond donors (Lipinski definition) is 4. The molecule has 6 heteroatoms. The summed E-state index contributed by atoms with van der Waals surface area (Å²) in [5, 5.41) is 0. The normalized spacial score (nSPS) is 13.2. The Balaban J connectivity index is 3.20. The second kappa shape index (κ2) is 6.77. The Morgan fingerprint density at radius 3 is 1.13 bits per heavy atom. The summed E-state index contributed by atoms with van der Waals surface area (Å²) in [6.07, 6.45) is 4.76. The highest BCUT2D eigenvalue weighted by Gasteiger charge is 2.20. The lowest BCUT2D eigenvalue weighted by Gasteiger charge is -2.12. The minimum Gasteiger partial charge on any atom is -0.411 e. The molecule has 0 aromatic rings. The topological polar surface area (TPSA) is 80.9 Å². The van der Waals surface area contributed by atoms with E-state index in [-0.39, 0.29) is 0 Å². The molecule has 0 aromatic carbocycles. The van der Waals surface area contributed by atoms with E-state index in [1.54, 1.807) is 0 Å². The van der Waals surface area contributed by atoms with Gasteiger partial charge in [-0.25, -0.2) is 0 Å². The molecular formula is C9H24O4Si2. The third-order valence-corrected chi connectivity index (χ3v) is 4.90. The summed E-state index contributed by atoms with van der Waals surface area (Å²) in [6.45, 7) is 3.06. The molecule has 0 atom stereocenters. The van der Waals surface area contributed by atoms with E-state index in [1.165, 1.54) is 13.1 Å². The van der Waals surface area contributed by atoms with Gasteiger partial charge in [0, 0.05) is 0 Å². The molecule has 0 aliphatic carbocycles. The predicted molar refractivity (Wildman–Crippen MR) is 64.8 cm³/mol. The fourth-order valence-electron chi connectivity index (χ4n) is 1.45. The van der Waals surface area contributed by atoms with Crippen LogP contribution < -0.4 is 0 Å². The van der Waals surface area contributed by atoms with Crippen LogP contribution in [-0.2, 0) is 0 Å². The molecule has 0 rings (SSSR count). The second-order valence-corrected chi connectivity index (χ2v) is 10.6. The largest absolute Gasteiger partial charge is 0.411 e. The highest BCUT2D eigenvalue weighted by atomic mass is 28.4. The molecule has 4 nitrogen and oxygen atoms in total. The molecule has 0 aromatic heterocycles. The molecule has 0 unspecified atom stereocenters. The molecule has 0 saturated heterocycles. The first kappa shape index (κ1) is 15.3. The summed E-state index contributed by atoms with van der Waals surface area (Å²) in [6, 6.07) is 1.08. The maximum atomic E-state index is 9.16. The molecule has 0 radical (unpaired) electrons. The van der Waals surface area contributed by atoms with Gasteiger partial charge >= 0.3 is 17.1 Å². The van der Waals surface area contributed by atoms with Crippen molar-refractivity contribution in [1.29, 1.82) is 0 Å². The Kier molecular flexibility index (Phi) is 6.89. The smallest absolute Gasteiger partial charge is 0.329 e. The van der Waals surface area contributed by atoms with Gasteiger partial charge in [-0.3, -0.25) is 0 Å². The molecule has 0 bridgehead atoms. The molecule has 0 fully saturated rings. The van der Waals surface area contributed by atoms with E-state index in [1.807, 2.05) is 0 Å². The van der Waals surface area contributed by atoms with E-state index >= 15 is 0 Å². The summed E-state index contributed by atoms with van der Waals surface area (Å²) in [5.41, 5.74) is 0. The first-order valence-electron chi connectivity index (χ1n) is 5.60. The Morgan fingerprint density at radius 2 is 0.867 bits per heavy atom. The van der Waals surface area contributed by atoms with Gasteiger partial charge in [-0.15, -0.1) is 0 Å². The van der Waals surface area contributed by atoms with E-state index in [4.69, 9.17) is 19.2 Å². The molecule has 0 saturated carbocycles. The van der Waals surface area contributed by atoms with Crippen LogP contribution >= 0.6 is 0 Å². The maximum absolute atomic E-state index is 9.16. The SMILES string of the molecule is C[Si](O)(O)CCCCCCC[Si](C)(O)O. The molecule has 0 aliphatic heterocycles. The summed E-state index contributed by atoms with van der Waals surface area (Å²) >= 11 is 0. The third kappa shape index (κ3) is 14.3. The van der Waals surface area contributed by atoms with Crippen LogP contribution in [0.1, 0.15) is 32.1 Å². The Hall–Kier alpha value is 0.274. The molecule has 4 N–H and O–H groups in total.